The Labute approximate surface area is 115 Å². The fraction of sp³-hybridized carbons (Fsp3) is 0.214. The molecule has 4 nitrogen and oxygen atoms in total. The number of imidazole rings is 1. The smallest absolute Gasteiger partial charge is 0.111 e. The lowest BCUT2D eigenvalue weighted by Crippen LogP contribution is -2.30. The number of nitrogens with two attached hydrogens (primary N) is 1. The maximum atomic E-state index is 5.67. The minimum Gasteiger partial charge on any atom is -0.331 e. The van der Waals surface area contributed by atoms with E-state index in [9.17, 15) is 0 Å². The Balaban J connectivity index is 1.94. The van der Waals surface area contributed by atoms with Gasteiger partial charge in [-0.3, -0.25) is 11.3 Å². The van der Waals surface area contributed by atoms with Crippen LogP contribution in [0.25, 0.3) is 11.0 Å². The molecule has 0 amide bonds. The zero-order chi connectivity index (χ0) is 13.2. The molecule has 0 fully saturated rings. The molecule has 0 saturated carbocycles. The van der Waals surface area contributed by atoms with Crippen molar-refractivity contribution in [2.45, 2.75) is 12.5 Å². The van der Waals surface area contributed by atoms with Crippen LogP contribution in [0, 0.1) is 0 Å². The summed E-state index contributed by atoms with van der Waals surface area (Å²) < 4.78 is 2.13. The van der Waals surface area contributed by atoms with Gasteiger partial charge in [-0.05, 0) is 34.5 Å². The number of rotatable bonds is 4. The van der Waals surface area contributed by atoms with Crippen LogP contribution in [0.2, 0.25) is 0 Å². The quantitative estimate of drug-likeness (QED) is 0.566. The van der Waals surface area contributed by atoms with Gasteiger partial charge in [-0.1, -0.05) is 12.1 Å². The summed E-state index contributed by atoms with van der Waals surface area (Å²) in [5.41, 5.74) is 6.27. The van der Waals surface area contributed by atoms with E-state index in [0.29, 0.717) is 0 Å². The maximum absolute atomic E-state index is 5.67. The van der Waals surface area contributed by atoms with E-state index < -0.39 is 0 Å². The molecule has 1 atom stereocenters. The fourth-order valence-corrected chi connectivity index (χ4v) is 3.02. The summed E-state index contributed by atoms with van der Waals surface area (Å²) in [6.07, 6.45) is 0.776. The SMILES string of the molecule is Cn1c(CC(NN)c2ccsc2)nc2ccccc21. The van der Waals surface area contributed by atoms with E-state index in [1.807, 2.05) is 25.2 Å². The van der Waals surface area contributed by atoms with Crippen LogP contribution < -0.4 is 11.3 Å². The molecule has 3 N–H and O–H groups in total. The number of fused-ring (bicyclic) bond motifs is 1. The lowest BCUT2D eigenvalue weighted by molar-refractivity contribution is 0.533. The molecule has 1 unspecified atom stereocenters. The molecule has 0 saturated heterocycles. The van der Waals surface area contributed by atoms with Gasteiger partial charge in [0.25, 0.3) is 0 Å². The number of nitrogens with zero attached hydrogens (tertiary/aromatic N) is 2. The molecule has 0 bridgehead atoms. The molecule has 0 aliphatic carbocycles. The molecule has 98 valence electrons. The molecule has 0 aliphatic rings. The van der Waals surface area contributed by atoms with Gasteiger partial charge in [-0.2, -0.15) is 11.3 Å². The number of para-hydroxylation sites is 2. The van der Waals surface area contributed by atoms with E-state index >= 15 is 0 Å². The summed E-state index contributed by atoms with van der Waals surface area (Å²) in [4.78, 5) is 4.68. The van der Waals surface area contributed by atoms with Crippen LogP contribution in [0.3, 0.4) is 0 Å². The molecule has 0 radical (unpaired) electrons. The third-order valence-corrected chi connectivity index (χ3v) is 4.11. The first-order valence-corrected chi connectivity index (χ1v) is 7.12. The number of benzene rings is 1. The van der Waals surface area contributed by atoms with Gasteiger partial charge in [0.1, 0.15) is 5.82 Å². The molecule has 19 heavy (non-hydrogen) atoms. The number of aromatic nitrogens is 2. The second-order valence-corrected chi connectivity index (χ2v) is 5.34. The van der Waals surface area contributed by atoms with Crippen LogP contribution in [0.4, 0.5) is 0 Å². The molecule has 2 aromatic heterocycles. The Hall–Kier alpha value is -1.69. The Morgan fingerprint density at radius 1 is 1.37 bits per heavy atom. The van der Waals surface area contributed by atoms with Gasteiger partial charge < -0.3 is 4.57 Å². The Morgan fingerprint density at radius 3 is 2.89 bits per heavy atom. The number of nitrogens with one attached hydrogen (secondary N) is 1. The predicted molar refractivity (Wildman–Crippen MR) is 78.8 cm³/mol. The topological polar surface area (TPSA) is 55.9 Å². The molecule has 3 aromatic rings. The summed E-state index contributed by atoms with van der Waals surface area (Å²) in [6.45, 7) is 0. The molecule has 1 aromatic carbocycles. The Bertz CT molecular complexity index is 672. The zero-order valence-electron chi connectivity index (χ0n) is 10.7. The highest BCUT2D eigenvalue weighted by molar-refractivity contribution is 7.07. The minimum atomic E-state index is 0.0989. The number of hydrogen-bond donors (Lipinski definition) is 2. The highest BCUT2D eigenvalue weighted by Crippen LogP contribution is 2.22. The Morgan fingerprint density at radius 2 is 2.21 bits per heavy atom. The van der Waals surface area contributed by atoms with Crippen molar-refractivity contribution in [3.63, 3.8) is 0 Å². The summed E-state index contributed by atoms with van der Waals surface area (Å²) in [7, 11) is 2.05. The second kappa shape index (κ2) is 5.13. The predicted octanol–water partition coefficient (Wildman–Crippen LogP) is 2.38. The van der Waals surface area contributed by atoms with E-state index in [0.717, 1.165) is 23.3 Å². The van der Waals surface area contributed by atoms with E-state index in [1.165, 1.54) is 5.56 Å². The van der Waals surface area contributed by atoms with Gasteiger partial charge in [-0.25, -0.2) is 4.98 Å². The maximum Gasteiger partial charge on any atom is 0.111 e. The summed E-state index contributed by atoms with van der Waals surface area (Å²) in [6, 6.07) is 10.4. The van der Waals surface area contributed by atoms with Crippen molar-refractivity contribution in [2.24, 2.45) is 12.9 Å². The van der Waals surface area contributed by atoms with Crippen LogP contribution in [0.15, 0.2) is 41.1 Å². The standard InChI is InChI=1S/C14H16N4S/c1-18-13-5-3-2-4-11(13)16-14(18)8-12(17-15)10-6-7-19-9-10/h2-7,9,12,17H,8,15H2,1H3. The van der Waals surface area contributed by atoms with Crippen molar-refractivity contribution in [3.8, 4) is 0 Å². The average molecular weight is 272 g/mol. The van der Waals surface area contributed by atoms with Gasteiger partial charge in [0.2, 0.25) is 0 Å². The van der Waals surface area contributed by atoms with Crippen LogP contribution in [-0.2, 0) is 13.5 Å². The molecule has 5 heteroatoms. The minimum absolute atomic E-state index is 0.0989. The van der Waals surface area contributed by atoms with Crippen molar-refractivity contribution in [1.29, 1.82) is 0 Å². The van der Waals surface area contributed by atoms with E-state index in [4.69, 9.17) is 5.84 Å². The first-order chi connectivity index (χ1) is 9.29. The number of aryl methyl sites for hydroxylation is 1. The van der Waals surface area contributed by atoms with Crippen molar-refractivity contribution in [2.75, 3.05) is 0 Å². The third-order valence-electron chi connectivity index (χ3n) is 3.41. The van der Waals surface area contributed by atoms with Crippen molar-refractivity contribution in [3.05, 3.63) is 52.5 Å². The van der Waals surface area contributed by atoms with Crippen LogP contribution in [0.5, 0.6) is 0 Å². The van der Waals surface area contributed by atoms with Gasteiger partial charge in [0.05, 0.1) is 17.1 Å². The van der Waals surface area contributed by atoms with E-state index in [-0.39, 0.29) is 6.04 Å². The van der Waals surface area contributed by atoms with Gasteiger partial charge in [0.15, 0.2) is 0 Å². The first-order valence-electron chi connectivity index (χ1n) is 6.18. The second-order valence-electron chi connectivity index (χ2n) is 4.56. The average Bonchev–Trinajstić information content (AvgIpc) is 3.06. The molecule has 0 aliphatic heterocycles. The molecule has 2 heterocycles. The van der Waals surface area contributed by atoms with Crippen molar-refractivity contribution >= 4 is 22.4 Å². The third kappa shape index (κ3) is 2.28. The first kappa shape index (κ1) is 12.3. The van der Waals surface area contributed by atoms with Crippen molar-refractivity contribution in [1.82, 2.24) is 15.0 Å². The highest BCUT2D eigenvalue weighted by Gasteiger charge is 2.15. The molecule has 0 spiro atoms. The molecular weight excluding hydrogens is 256 g/mol. The fourth-order valence-electron chi connectivity index (χ4n) is 2.31. The monoisotopic (exact) mass is 272 g/mol. The van der Waals surface area contributed by atoms with Gasteiger partial charge in [0, 0.05) is 13.5 Å². The van der Waals surface area contributed by atoms with Crippen LogP contribution >= 0.6 is 11.3 Å². The van der Waals surface area contributed by atoms with Gasteiger partial charge in [-0.15, -0.1) is 0 Å². The largest absolute Gasteiger partial charge is 0.331 e. The molecule has 3 rings (SSSR count). The molecular formula is C14H16N4S. The normalized spacial score (nSPS) is 12.9. The Kier molecular flexibility index (Phi) is 3.33. The zero-order valence-corrected chi connectivity index (χ0v) is 11.5. The summed E-state index contributed by atoms with van der Waals surface area (Å²) in [5.74, 6) is 6.71. The van der Waals surface area contributed by atoms with E-state index in [1.54, 1.807) is 11.3 Å². The van der Waals surface area contributed by atoms with Gasteiger partial charge >= 0.3 is 0 Å². The van der Waals surface area contributed by atoms with Crippen LogP contribution in [0.1, 0.15) is 17.4 Å². The van der Waals surface area contributed by atoms with E-state index in [2.05, 4.69) is 37.9 Å². The number of hydrazine groups is 1. The van der Waals surface area contributed by atoms with Crippen LogP contribution in [-0.4, -0.2) is 9.55 Å². The van der Waals surface area contributed by atoms with Crippen molar-refractivity contribution < 1.29 is 0 Å². The lowest BCUT2D eigenvalue weighted by Gasteiger charge is -2.14. The highest BCUT2D eigenvalue weighted by atomic mass is 32.1. The summed E-state index contributed by atoms with van der Waals surface area (Å²) in [5, 5.41) is 4.18. The number of hydrogen-bond acceptors (Lipinski definition) is 4. The number of thiophene rings is 1. The lowest BCUT2D eigenvalue weighted by atomic mass is 10.1. The summed E-state index contributed by atoms with van der Waals surface area (Å²) >= 11 is 1.68.